The third-order valence-electron chi connectivity index (χ3n) is 2.53. The van der Waals surface area contributed by atoms with Crippen LogP contribution in [0.2, 0.25) is 6.04 Å². The highest BCUT2D eigenvalue weighted by molar-refractivity contribution is 6.56. The molecule has 1 aliphatic rings. The Hall–Kier alpha value is 0.0569. The minimum atomic E-state index is -1.46. The van der Waals surface area contributed by atoms with Crippen molar-refractivity contribution in [3.63, 3.8) is 0 Å². The molecule has 1 rings (SSSR count). The van der Waals surface area contributed by atoms with Gasteiger partial charge in [-0.1, -0.05) is 6.42 Å². The van der Waals surface area contributed by atoms with Crippen molar-refractivity contribution in [1.29, 1.82) is 0 Å². The highest BCUT2D eigenvalue weighted by Gasteiger charge is 2.38. The molecule has 0 aromatic carbocycles. The molecule has 72 valence electrons. The van der Waals surface area contributed by atoms with Gasteiger partial charge in [-0.05, 0) is 19.4 Å². The average Bonchev–Trinajstić information content (AvgIpc) is 2.06. The van der Waals surface area contributed by atoms with Crippen molar-refractivity contribution in [2.45, 2.75) is 37.1 Å². The summed E-state index contributed by atoms with van der Waals surface area (Å²) in [5, 5.41) is -0.736. The van der Waals surface area contributed by atoms with Crippen LogP contribution < -0.4 is 17.2 Å². The van der Waals surface area contributed by atoms with Gasteiger partial charge in [0.1, 0.15) is 0 Å². The summed E-state index contributed by atoms with van der Waals surface area (Å²) in [5.41, 5.74) is 17.6. The van der Waals surface area contributed by atoms with Crippen LogP contribution in [0.3, 0.4) is 0 Å². The van der Waals surface area contributed by atoms with Crippen LogP contribution in [0.5, 0.6) is 0 Å². The Kier molecular flexibility index (Phi) is 3.25. The maximum Gasteiger partial charge on any atom is 0.213 e. The largest absolute Gasteiger partial charge is 0.417 e. The van der Waals surface area contributed by atoms with Gasteiger partial charge >= 0.3 is 0 Å². The Morgan fingerprint density at radius 3 is 2.50 bits per heavy atom. The predicted molar refractivity (Wildman–Crippen MR) is 51.9 cm³/mol. The van der Waals surface area contributed by atoms with Crippen LogP contribution in [0.4, 0.5) is 0 Å². The van der Waals surface area contributed by atoms with E-state index in [0.717, 1.165) is 19.1 Å². The number of rotatable bonds is 2. The minimum absolute atomic E-state index is 0.174. The average molecular weight is 189 g/mol. The Labute approximate surface area is 75.2 Å². The molecule has 0 aromatic heterocycles. The van der Waals surface area contributed by atoms with Crippen LogP contribution in [0, 0.1) is 0 Å². The lowest BCUT2D eigenvalue weighted by Gasteiger charge is -2.37. The number of hydrogen-bond donors (Lipinski definition) is 3. The van der Waals surface area contributed by atoms with Gasteiger partial charge in [-0.15, -0.1) is 0 Å². The Morgan fingerprint density at radius 2 is 2.08 bits per heavy atom. The van der Waals surface area contributed by atoms with Crippen LogP contribution >= 0.6 is 0 Å². The van der Waals surface area contributed by atoms with Gasteiger partial charge in [0, 0.05) is 12.6 Å². The molecule has 0 spiro atoms. The molecule has 1 saturated heterocycles. The van der Waals surface area contributed by atoms with Crippen molar-refractivity contribution in [2.24, 2.45) is 17.2 Å². The van der Waals surface area contributed by atoms with E-state index < -0.39 is 14.3 Å². The lowest BCUT2D eigenvalue weighted by Crippen LogP contribution is -2.71. The van der Waals surface area contributed by atoms with Crippen molar-refractivity contribution >= 4 is 9.04 Å². The SMILES string of the molecule is CC(N)C(N)(N)[SiH]1CCCCO1. The fraction of sp³-hybridized carbons (Fsp3) is 1.00. The second kappa shape index (κ2) is 3.84. The quantitative estimate of drug-likeness (QED) is 0.385. The summed E-state index contributed by atoms with van der Waals surface area (Å²) in [7, 11) is -1.46. The van der Waals surface area contributed by atoms with E-state index in [-0.39, 0.29) is 6.04 Å². The summed E-state index contributed by atoms with van der Waals surface area (Å²) in [6.07, 6.45) is 2.33. The molecule has 2 unspecified atom stereocenters. The molecule has 1 aliphatic heterocycles. The summed E-state index contributed by atoms with van der Waals surface area (Å²) in [4.78, 5) is 0. The van der Waals surface area contributed by atoms with Crippen LogP contribution in [-0.2, 0) is 4.43 Å². The standard InChI is InChI=1S/C7H19N3OSi/c1-6(8)7(9,10)12-5-3-2-4-11-12/h6,12H,2-5,8-10H2,1H3. The van der Waals surface area contributed by atoms with Gasteiger partial charge in [0.25, 0.3) is 0 Å². The van der Waals surface area contributed by atoms with E-state index in [1.165, 1.54) is 6.42 Å². The van der Waals surface area contributed by atoms with E-state index in [4.69, 9.17) is 21.6 Å². The Balaban J connectivity index is 2.53. The van der Waals surface area contributed by atoms with Gasteiger partial charge in [0.15, 0.2) is 0 Å². The predicted octanol–water partition coefficient (Wildman–Crippen LogP) is -0.979. The summed E-state index contributed by atoms with van der Waals surface area (Å²) < 4.78 is 5.61. The van der Waals surface area contributed by atoms with E-state index >= 15 is 0 Å². The monoisotopic (exact) mass is 189 g/mol. The second-order valence-electron chi connectivity index (χ2n) is 3.64. The van der Waals surface area contributed by atoms with Crippen molar-refractivity contribution < 1.29 is 4.43 Å². The first kappa shape index (κ1) is 10.1. The summed E-state index contributed by atoms with van der Waals surface area (Å²) in [6.45, 7) is 2.67. The second-order valence-corrected chi connectivity index (χ2v) is 6.53. The number of hydrogen-bond acceptors (Lipinski definition) is 4. The van der Waals surface area contributed by atoms with Crippen molar-refractivity contribution in [3.8, 4) is 0 Å². The van der Waals surface area contributed by atoms with Gasteiger partial charge in [0.2, 0.25) is 9.04 Å². The van der Waals surface area contributed by atoms with E-state index in [0.29, 0.717) is 0 Å². The zero-order valence-electron chi connectivity index (χ0n) is 7.62. The molecule has 0 saturated carbocycles. The fourth-order valence-electron chi connectivity index (χ4n) is 1.43. The van der Waals surface area contributed by atoms with Gasteiger partial charge in [-0.25, -0.2) is 0 Å². The Bertz CT molecular complexity index is 146. The van der Waals surface area contributed by atoms with Crippen molar-refractivity contribution in [3.05, 3.63) is 0 Å². The highest BCUT2D eigenvalue weighted by Crippen LogP contribution is 2.17. The number of nitrogens with two attached hydrogens (primary N) is 3. The molecule has 6 N–H and O–H groups in total. The van der Waals surface area contributed by atoms with Gasteiger partial charge in [-0.3, -0.25) is 0 Å². The molecule has 5 heteroatoms. The summed E-state index contributed by atoms with van der Waals surface area (Å²) in [5.74, 6) is 0. The van der Waals surface area contributed by atoms with Crippen molar-refractivity contribution in [2.75, 3.05) is 6.61 Å². The first-order valence-electron chi connectivity index (χ1n) is 4.50. The third-order valence-corrected chi connectivity index (χ3v) is 5.74. The normalized spacial score (nSPS) is 28.5. The van der Waals surface area contributed by atoms with Gasteiger partial charge in [-0.2, -0.15) is 0 Å². The highest BCUT2D eigenvalue weighted by atomic mass is 28.3. The van der Waals surface area contributed by atoms with E-state index in [2.05, 4.69) is 0 Å². The maximum absolute atomic E-state index is 5.92. The maximum atomic E-state index is 5.92. The van der Waals surface area contributed by atoms with E-state index in [1.54, 1.807) is 0 Å². The van der Waals surface area contributed by atoms with Crippen LogP contribution in [0.25, 0.3) is 0 Å². The molecule has 12 heavy (non-hydrogen) atoms. The lowest BCUT2D eigenvalue weighted by atomic mass is 10.3. The summed E-state index contributed by atoms with van der Waals surface area (Å²) >= 11 is 0. The molecular formula is C7H19N3OSi. The smallest absolute Gasteiger partial charge is 0.213 e. The molecule has 4 nitrogen and oxygen atoms in total. The molecule has 2 atom stereocenters. The third kappa shape index (κ3) is 2.05. The van der Waals surface area contributed by atoms with Gasteiger partial charge in [0.05, 0.1) is 5.29 Å². The zero-order chi connectivity index (χ0) is 9.19. The first-order valence-corrected chi connectivity index (χ1v) is 6.36. The van der Waals surface area contributed by atoms with Crippen LogP contribution in [0.15, 0.2) is 0 Å². The van der Waals surface area contributed by atoms with E-state index in [1.807, 2.05) is 6.92 Å². The van der Waals surface area contributed by atoms with Crippen LogP contribution in [-0.4, -0.2) is 27.0 Å². The first-order chi connectivity index (χ1) is 5.55. The molecule has 0 aliphatic carbocycles. The van der Waals surface area contributed by atoms with Gasteiger partial charge < -0.3 is 21.6 Å². The lowest BCUT2D eigenvalue weighted by molar-refractivity contribution is 0.257. The Morgan fingerprint density at radius 1 is 1.42 bits per heavy atom. The molecule has 1 fully saturated rings. The summed E-state index contributed by atoms with van der Waals surface area (Å²) in [6, 6.07) is 0.890. The molecule has 0 radical (unpaired) electrons. The zero-order valence-corrected chi connectivity index (χ0v) is 8.78. The topological polar surface area (TPSA) is 87.3 Å². The molecule has 1 heterocycles. The fourth-order valence-corrected chi connectivity index (χ4v) is 4.08. The molecule has 0 bridgehead atoms. The molecule has 0 aromatic rings. The van der Waals surface area contributed by atoms with Crippen molar-refractivity contribution in [1.82, 2.24) is 0 Å². The van der Waals surface area contributed by atoms with Crippen LogP contribution in [0.1, 0.15) is 19.8 Å². The molecular weight excluding hydrogens is 170 g/mol. The molecule has 0 amide bonds. The minimum Gasteiger partial charge on any atom is -0.417 e. The van der Waals surface area contributed by atoms with E-state index in [9.17, 15) is 0 Å².